The lowest BCUT2D eigenvalue weighted by Gasteiger charge is -2.10. The summed E-state index contributed by atoms with van der Waals surface area (Å²) in [6.45, 7) is 7.73. The minimum absolute atomic E-state index is 0.650. The highest BCUT2D eigenvalue weighted by atomic mass is 16.5. The van der Waals surface area contributed by atoms with E-state index in [0.29, 0.717) is 13.2 Å². The summed E-state index contributed by atoms with van der Waals surface area (Å²) >= 11 is 0. The van der Waals surface area contributed by atoms with E-state index in [9.17, 15) is 0 Å². The molecule has 0 fully saturated rings. The van der Waals surface area contributed by atoms with Gasteiger partial charge in [0.1, 0.15) is 0 Å². The Balaban J connectivity index is 1.80. The van der Waals surface area contributed by atoms with Crippen LogP contribution in [0.1, 0.15) is 19.4 Å². The van der Waals surface area contributed by atoms with Gasteiger partial charge in [-0.3, -0.25) is 4.99 Å². The molecule has 1 aromatic heterocycles. The fourth-order valence-electron chi connectivity index (χ4n) is 2.24. The molecule has 2 aromatic rings. The van der Waals surface area contributed by atoms with Crippen LogP contribution in [0, 0.1) is 0 Å². The predicted molar refractivity (Wildman–Crippen MR) is 97.7 cm³/mol. The van der Waals surface area contributed by atoms with Crippen LogP contribution in [0.5, 0.6) is 0 Å². The smallest absolute Gasteiger partial charge is 0.191 e. The summed E-state index contributed by atoms with van der Waals surface area (Å²) in [5, 5.41) is 11.0. The summed E-state index contributed by atoms with van der Waals surface area (Å²) in [5.41, 5.74) is 2.26. The molecule has 0 atom stereocenters. The van der Waals surface area contributed by atoms with E-state index in [-0.39, 0.29) is 0 Å². The van der Waals surface area contributed by atoms with Crippen LogP contribution in [0.2, 0.25) is 0 Å². The number of para-hydroxylation sites is 1. The van der Waals surface area contributed by atoms with Crippen molar-refractivity contribution in [1.82, 2.24) is 20.4 Å². The summed E-state index contributed by atoms with van der Waals surface area (Å²) in [4.78, 5) is 4.48. The molecular weight excluding hydrogens is 302 g/mol. The largest absolute Gasteiger partial charge is 0.380 e. The van der Waals surface area contributed by atoms with E-state index in [0.717, 1.165) is 37.8 Å². The van der Waals surface area contributed by atoms with Gasteiger partial charge in [0.2, 0.25) is 0 Å². The minimum atomic E-state index is 0.650. The second-order valence-corrected chi connectivity index (χ2v) is 5.26. The summed E-state index contributed by atoms with van der Waals surface area (Å²) in [5.74, 6) is 0.827. The molecule has 0 unspecified atom stereocenters. The van der Waals surface area contributed by atoms with Crippen LogP contribution in [0.15, 0.2) is 47.7 Å². The molecule has 0 aliphatic rings. The van der Waals surface area contributed by atoms with Gasteiger partial charge in [0.25, 0.3) is 0 Å². The third kappa shape index (κ3) is 6.04. The van der Waals surface area contributed by atoms with Gasteiger partial charge >= 0.3 is 0 Å². The molecule has 24 heavy (non-hydrogen) atoms. The van der Waals surface area contributed by atoms with Crippen LogP contribution in [0.25, 0.3) is 5.69 Å². The predicted octanol–water partition coefficient (Wildman–Crippen LogP) is 2.01. The summed E-state index contributed by atoms with van der Waals surface area (Å²) in [6.07, 6.45) is 4.87. The van der Waals surface area contributed by atoms with Crippen molar-refractivity contribution in [2.75, 3.05) is 32.8 Å². The molecule has 0 aliphatic carbocycles. The van der Waals surface area contributed by atoms with Gasteiger partial charge in [-0.05, 0) is 38.0 Å². The Bertz CT molecular complexity index is 609. The van der Waals surface area contributed by atoms with Gasteiger partial charge in [-0.2, -0.15) is 5.10 Å². The quantitative estimate of drug-likeness (QED) is 0.420. The first kappa shape index (κ1) is 18.0. The molecule has 0 bridgehead atoms. The van der Waals surface area contributed by atoms with E-state index in [2.05, 4.69) is 33.8 Å². The number of ether oxygens (including phenoxy) is 1. The summed E-state index contributed by atoms with van der Waals surface area (Å²) < 4.78 is 7.21. The zero-order valence-corrected chi connectivity index (χ0v) is 14.5. The van der Waals surface area contributed by atoms with Crippen molar-refractivity contribution < 1.29 is 4.74 Å². The molecule has 0 radical (unpaired) electrons. The van der Waals surface area contributed by atoms with Gasteiger partial charge in [0.05, 0.1) is 25.0 Å². The lowest BCUT2D eigenvalue weighted by molar-refractivity contribution is 0.155. The van der Waals surface area contributed by atoms with Gasteiger partial charge in [-0.25, -0.2) is 4.68 Å². The minimum Gasteiger partial charge on any atom is -0.380 e. The number of aromatic nitrogens is 2. The maximum Gasteiger partial charge on any atom is 0.191 e. The maximum atomic E-state index is 5.31. The summed E-state index contributed by atoms with van der Waals surface area (Å²) in [6, 6.07) is 10.1. The molecule has 0 saturated carbocycles. The number of hydrogen-bond donors (Lipinski definition) is 2. The Kier molecular flexibility index (Phi) is 7.83. The van der Waals surface area contributed by atoms with Crippen LogP contribution in [-0.2, 0) is 11.2 Å². The van der Waals surface area contributed by atoms with Crippen molar-refractivity contribution in [3.8, 4) is 5.69 Å². The molecule has 2 N–H and O–H groups in total. The van der Waals surface area contributed by atoms with E-state index in [1.54, 1.807) is 0 Å². The molecular formula is C18H27N5O. The Morgan fingerprint density at radius 3 is 2.79 bits per heavy atom. The van der Waals surface area contributed by atoms with Gasteiger partial charge < -0.3 is 15.4 Å². The first-order chi connectivity index (χ1) is 11.8. The zero-order valence-electron chi connectivity index (χ0n) is 14.5. The second kappa shape index (κ2) is 10.4. The second-order valence-electron chi connectivity index (χ2n) is 5.26. The van der Waals surface area contributed by atoms with Gasteiger partial charge in [0.15, 0.2) is 5.96 Å². The summed E-state index contributed by atoms with van der Waals surface area (Å²) in [7, 11) is 0. The Morgan fingerprint density at radius 2 is 2.04 bits per heavy atom. The lowest BCUT2D eigenvalue weighted by Crippen LogP contribution is -2.38. The van der Waals surface area contributed by atoms with Crippen LogP contribution in [0.4, 0.5) is 0 Å². The van der Waals surface area contributed by atoms with Crippen molar-refractivity contribution in [1.29, 1.82) is 0 Å². The van der Waals surface area contributed by atoms with Crippen LogP contribution >= 0.6 is 0 Å². The van der Waals surface area contributed by atoms with Crippen LogP contribution in [0.3, 0.4) is 0 Å². The molecule has 1 heterocycles. The number of benzene rings is 1. The fourth-order valence-corrected chi connectivity index (χ4v) is 2.24. The molecule has 6 nitrogen and oxygen atoms in total. The molecule has 0 saturated heterocycles. The molecule has 1 aromatic carbocycles. The first-order valence-corrected chi connectivity index (χ1v) is 8.52. The molecule has 0 amide bonds. The number of guanidine groups is 1. The fraction of sp³-hybridized carbons (Fsp3) is 0.444. The molecule has 0 spiro atoms. The van der Waals surface area contributed by atoms with Crippen LogP contribution in [-0.4, -0.2) is 48.6 Å². The molecule has 2 rings (SSSR count). The number of rotatable bonds is 9. The van der Waals surface area contributed by atoms with Crippen molar-refractivity contribution >= 4 is 5.96 Å². The third-order valence-corrected chi connectivity index (χ3v) is 3.42. The molecule has 0 aliphatic heterocycles. The number of nitrogens with one attached hydrogen (secondary N) is 2. The SMILES string of the molecule is CCNC(=NCCOCC)NCCc1cnn(-c2ccccc2)c1. The van der Waals surface area contributed by atoms with Crippen molar-refractivity contribution in [3.05, 3.63) is 48.3 Å². The number of aliphatic imine (C=N–C) groups is 1. The number of hydrogen-bond acceptors (Lipinski definition) is 3. The van der Waals surface area contributed by atoms with Gasteiger partial charge in [-0.15, -0.1) is 0 Å². The topological polar surface area (TPSA) is 63.5 Å². The molecule has 6 heteroatoms. The average Bonchev–Trinajstić information content (AvgIpc) is 3.08. The Hall–Kier alpha value is -2.34. The highest BCUT2D eigenvalue weighted by molar-refractivity contribution is 5.79. The monoisotopic (exact) mass is 329 g/mol. The Morgan fingerprint density at radius 1 is 1.21 bits per heavy atom. The van der Waals surface area contributed by atoms with E-state index >= 15 is 0 Å². The standard InChI is InChI=1S/C18H27N5O/c1-3-19-18(21-12-13-24-4-2)20-11-10-16-14-22-23(15-16)17-8-6-5-7-9-17/h5-9,14-15H,3-4,10-13H2,1-2H3,(H2,19,20,21). The average molecular weight is 329 g/mol. The van der Waals surface area contributed by atoms with E-state index < -0.39 is 0 Å². The van der Waals surface area contributed by atoms with Gasteiger partial charge in [0, 0.05) is 25.9 Å². The maximum absolute atomic E-state index is 5.31. The number of nitrogens with zero attached hydrogens (tertiary/aromatic N) is 3. The van der Waals surface area contributed by atoms with E-state index in [1.165, 1.54) is 5.56 Å². The normalized spacial score (nSPS) is 11.5. The lowest BCUT2D eigenvalue weighted by atomic mass is 10.2. The highest BCUT2D eigenvalue weighted by Crippen LogP contribution is 2.07. The molecule has 130 valence electrons. The first-order valence-electron chi connectivity index (χ1n) is 8.52. The van der Waals surface area contributed by atoms with E-state index in [4.69, 9.17) is 4.74 Å². The van der Waals surface area contributed by atoms with E-state index in [1.807, 2.05) is 48.1 Å². The van der Waals surface area contributed by atoms with Crippen molar-refractivity contribution in [2.45, 2.75) is 20.3 Å². The highest BCUT2D eigenvalue weighted by Gasteiger charge is 2.02. The van der Waals surface area contributed by atoms with Gasteiger partial charge in [-0.1, -0.05) is 18.2 Å². The van der Waals surface area contributed by atoms with Crippen LogP contribution < -0.4 is 10.6 Å². The Labute approximate surface area is 143 Å². The van der Waals surface area contributed by atoms with Crippen molar-refractivity contribution in [2.24, 2.45) is 4.99 Å². The van der Waals surface area contributed by atoms with Crippen molar-refractivity contribution in [3.63, 3.8) is 0 Å². The zero-order chi connectivity index (χ0) is 17.0. The third-order valence-electron chi connectivity index (χ3n) is 3.42.